The van der Waals surface area contributed by atoms with Crippen LogP contribution in [0, 0.1) is 20.8 Å². The third-order valence-corrected chi connectivity index (χ3v) is 4.83. The van der Waals surface area contributed by atoms with Gasteiger partial charge in [-0.3, -0.25) is 10.1 Å². The molecule has 31 heavy (non-hydrogen) atoms. The smallest absolute Gasteiger partial charge is 0.261 e. The van der Waals surface area contributed by atoms with E-state index in [0.717, 1.165) is 22.6 Å². The first kappa shape index (κ1) is 22.3. The number of carbonyl (C=O) groups is 1. The first-order valence-corrected chi connectivity index (χ1v) is 10.4. The van der Waals surface area contributed by atoms with Crippen molar-refractivity contribution in [3.05, 3.63) is 89.0 Å². The summed E-state index contributed by atoms with van der Waals surface area (Å²) < 4.78 is 11.4. The predicted molar refractivity (Wildman–Crippen MR) is 128 cm³/mol. The van der Waals surface area contributed by atoms with Crippen molar-refractivity contribution in [1.82, 2.24) is 5.32 Å². The number of carbonyl (C=O) groups excluding carboxylic acids is 1. The number of rotatable bonds is 7. The lowest BCUT2D eigenvalue weighted by Gasteiger charge is -2.16. The van der Waals surface area contributed by atoms with Crippen molar-refractivity contribution in [3.63, 3.8) is 0 Å². The lowest BCUT2D eigenvalue weighted by atomic mass is 10.1. The fourth-order valence-corrected chi connectivity index (χ4v) is 3.50. The number of aryl methyl sites for hydroxylation is 3. The minimum Gasteiger partial charge on any atom is -0.490 e. The molecular weight excluding hydrogens is 408 g/mol. The molecule has 160 valence electrons. The van der Waals surface area contributed by atoms with Gasteiger partial charge in [-0.05, 0) is 68.4 Å². The minimum atomic E-state index is -0.334. The summed E-state index contributed by atoms with van der Waals surface area (Å²) >= 11 is 5.36. The lowest BCUT2D eigenvalue weighted by molar-refractivity contribution is 0.0972. The molecule has 3 aromatic rings. The van der Waals surface area contributed by atoms with Crippen LogP contribution >= 0.6 is 12.2 Å². The van der Waals surface area contributed by atoms with E-state index >= 15 is 0 Å². The van der Waals surface area contributed by atoms with Crippen molar-refractivity contribution in [1.29, 1.82) is 0 Å². The molecule has 0 saturated heterocycles. The number of anilines is 1. The topological polar surface area (TPSA) is 59.6 Å². The molecule has 0 fully saturated rings. The Kier molecular flexibility index (Phi) is 7.62. The van der Waals surface area contributed by atoms with E-state index in [1.54, 1.807) is 18.2 Å². The molecule has 5 nitrogen and oxygen atoms in total. The summed E-state index contributed by atoms with van der Waals surface area (Å²) in [5, 5.41) is 6.11. The Morgan fingerprint density at radius 1 is 0.871 bits per heavy atom. The number of hydrogen-bond donors (Lipinski definition) is 2. The minimum absolute atomic E-state index is 0.238. The third kappa shape index (κ3) is 6.30. The second kappa shape index (κ2) is 10.6. The van der Waals surface area contributed by atoms with E-state index in [0.29, 0.717) is 24.5 Å². The van der Waals surface area contributed by atoms with Crippen LogP contribution in [-0.2, 0) is 0 Å². The molecule has 0 unspecified atom stereocenters. The molecule has 0 aliphatic rings. The van der Waals surface area contributed by atoms with Crippen LogP contribution in [0.15, 0.2) is 66.7 Å². The maximum Gasteiger partial charge on any atom is 0.261 e. The first-order chi connectivity index (χ1) is 14.9. The first-order valence-electron chi connectivity index (χ1n) is 10.0. The van der Waals surface area contributed by atoms with Crippen LogP contribution in [0.25, 0.3) is 0 Å². The highest BCUT2D eigenvalue weighted by atomic mass is 32.1. The van der Waals surface area contributed by atoms with Crippen molar-refractivity contribution >= 4 is 28.9 Å². The number of ether oxygens (including phenoxy) is 2. The van der Waals surface area contributed by atoms with Crippen LogP contribution < -0.4 is 20.1 Å². The lowest BCUT2D eigenvalue weighted by Crippen LogP contribution is -2.34. The quantitative estimate of drug-likeness (QED) is 0.396. The fraction of sp³-hybridized carbons (Fsp3) is 0.200. The van der Waals surface area contributed by atoms with Gasteiger partial charge < -0.3 is 14.8 Å². The second-order valence-corrected chi connectivity index (χ2v) is 7.60. The van der Waals surface area contributed by atoms with Crippen LogP contribution in [0.2, 0.25) is 0 Å². The zero-order valence-electron chi connectivity index (χ0n) is 17.9. The Morgan fingerprint density at radius 2 is 1.48 bits per heavy atom. The Morgan fingerprint density at radius 3 is 2.19 bits per heavy atom. The molecule has 0 saturated carbocycles. The zero-order valence-corrected chi connectivity index (χ0v) is 18.7. The number of amides is 1. The molecule has 0 aliphatic heterocycles. The molecule has 0 heterocycles. The third-order valence-electron chi connectivity index (χ3n) is 4.63. The predicted octanol–water partition coefficient (Wildman–Crippen LogP) is 5.20. The number of benzene rings is 3. The van der Waals surface area contributed by atoms with Gasteiger partial charge in [-0.2, -0.15) is 0 Å². The van der Waals surface area contributed by atoms with Crippen LogP contribution in [0.5, 0.6) is 11.5 Å². The maximum absolute atomic E-state index is 12.8. The summed E-state index contributed by atoms with van der Waals surface area (Å²) in [6, 6.07) is 20.7. The molecule has 2 N–H and O–H groups in total. The van der Waals surface area contributed by atoms with E-state index in [4.69, 9.17) is 21.7 Å². The molecule has 3 rings (SSSR count). The van der Waals surface area contributed by atoms with Crippen LogP contribution in [-0.4, -0.2) is 24.2 Å². The number of thiocarbonyl (C=S) groups is 1. The molecule has 6 heteroatoms. The van der Waals surface area contributed by atoms with E-state index in [-0.39, 0.29) is 11.0 Å². The Hall–Kier alpha value is -3.38. The summed E-state index contributed by atoms with van der Waals surface area (Å²) in [6.45, 7) is 6.74. The van der Waals surface area contributed by atoms with Crippen molar-refractivity contribution in [2.24, 2.45) is 0 Å². The van der Waals surface area contributed by atoms with E-state index in [2.05, 4.69) is 22.8 Å². The SMILES string of the molecule is Cc1cc(C)c(NC(=S)NC(=O)c2ccccc2OCCOc2ccccc2)c(C)c1. The molecule has 0 aromatic heterocycles. The van der Waals surface area contributed by atoms with Gasteiger partial charge in [0.2, 0.25) is 0 Å². The van der Waals surface area contributed by atoms with Gasteiger partial charge in [0.15, 0.2) is 5.11 Å². The zero-order chi connectivity index (χ0) is 22.2. The normalized spacial score (nSPS) is 10.3. The van der Waals surface area contributed by atoms with Gasteiger partial charge in [0, 0.05) is 5.69 Å². The highest BCUT2D eigenvalue weighted by Crippen LogP contribution is 2.22. The summed E-state index contributed by atoms with van der Waals surface area (Å²) in [5.74, 6) is 0.914. The Bertz CT molecular complexity index is 1040. The van der Waals surface area contributed by atoms with Gasteiger partial charge in [0.25, 0.3) is 5.91 Å². The van der Waals surface area contributed by atoms with Gasteiger partial charge >= 0.3 is 0 Å². The average Bonchev–Trinajstić information content (AvgIpc) is 2.75. The van der Waals surface area contributed by atoms with Gasteiger partial charge in [-0.25, -0.2) is 0 Å². The molecule has 0 radical (unpaired) electrons. The van der Waals surface area contributed by atoms with E-state index in [9.17, 15) is 4.79 Å². The van der Waals surface area contributed by atoms with Gasteiger partial charge in [0.1, 0.15) is 24.7 Å². The summed E-state index contributed by atoms with van der Waals surface area (Å²) in [7, 11) is 0. The van der Waals surface area contributed by atoms with Crippen molar-refractivity contribution in [2.75, 3.05) is 18.5 Å². The highest BCUT2D eigenvalue weighted by molar-refractivity contribution is 7.80. The van der Waals surface area contributed by atoms with Crippen molar-refractivity contribution in [2.45, 2.75) is 20.8 Å². The van der Waals surface area contributed by atoms with Crippen LogP contribution in [0.3, 0.4) is 0 Å². The Balaban J connectivity index is 1.58. The van der Waals surface area contributed by atoms with Gasteiger partial charge in [0.05, 0.1) is 5.56 Å². The summed E-state index contributed by atoms with van der Waals surface area (Å²) in [5.41, 5.74) is 4.62. The summed E-state index contributed by atoms with van der Waals surface area (Å²) in [6.07, 6.45) is 0. The number of para-hydroxylation sites is 2. The molecular formula is C25H26N2O3S. The Labute approximate surface area is 188 Å². The van der Waals surface area contributed by atoms with E-state index in [1.165, 1.54) is 5.56 Å². The second-order valence-electron chi connectivity index (χ2n) is 7.19. The highest BCUT2D eigenvalue weighted by Gasteiger charge is 2.14. The standard InChI is InChI=1S/C25H26N2O3S/c1-17-15-18(2)23(19(3)16-17)26-25(31)27-24(28)21-11-7-8-12-22(21)30-14-13-29-20-9-5-4-6-10-20/h4-12,15-16H,13-14H2,1-3H3,(H2,26,27,28,31). The molecule has 0 atom stereocenters. The van der Waals surface area contributed by atoms with Gasteiger partial charge in [-0.15, -0.1) is 0 Å². The maximum atomic E-state index is 12.8. The number of hydrogen-bond acceptors (Lipinski definition) is 4. The molecule has 0 spiro atoms. The van der Waals surface area contributed by atoms with Crippen molar-refractivity contribution < 1.29 is 14.3 Å². The molecule has 1 amide bonds. The van der Waals surface area contributed by atoms with Gasteiger partial charge in [-0.1, -0.05) is 48.0 Å². The largest absolute Gasteiger partial charge is 0.490 e. The van der Waals surface area contributed by atoms with Crippen LogP contribution in [0.1, 0.15) is 27.0 Å². The molecule has 3 aromatic carbocycles. The van der Waals surface area contributed by atoms with Crippen LogP contribution in [0.4, 0.5) is 5.69 Å². The average molecular weight is 435 g/mol. The summed E-state index contributed by atoms with van der Waals surface area (Å²) in [4.78, 5) is 12.8. The number of nitrogens with one attached hydrogen (secondary N) is 2. The van der Waals surface area contributed by atoms with E-state index < -0.39 is 0 Å². The molecule has 0 bridgehead atoms. The monoisotopic (exact) mass is 434 g/mol. The van der Waals surface area contributed by atoms with Crippen molar-refractivity contribution in [3.8, 4) is 11.5 Å². The fourth-order valence-electron chi connectivity index (χ4n) is 3.30. The molecule has 0 aliphatic carbocycles. The van der Waals surface area contributed by atoms with E-state index in [1.807, 2.05) is 57.2 Å².